The first-order valence-corrected chi connectivity index (χ1v) is 8.62. The number of amides is 1. The van der Waals surface area contributed by atoms with Crippen molar-refractivity contribution in [1.29, 1.82) is 0 Å². The number of hydrogen-bond acceptors (Lipinski definition) is 2. The molecule has 0 saturated carbocycles. The second-order valence-corrected chi connectivity index (χ2v) is 5.94. The molecule has 1 atom stereocenters. The van der Waals surface area contributed by atoms with E-state index < -0.39 is 0 Å². The Labute approximate surface area is 125 Å². The molecule has 3 nitrogen and oxygen atoms in total. The molecule has 1 unspecified atom stereocenters. The molecule has 0 aliphatic heterocycles. The van der Waals surface area contributed by atoms with E-state index in [1.165, 1.54) is 64.2 Å². The van der Waals surface area contributed by atoms with Crippen molar-refractivity contribution in [1.82, 2.24) is 0 Å². The first kappa shape index (κ1) is 19.4. The van der Waals surface area contributed by atoms with Gasteiger partial charge in [0.05, 0.1) is 0 Å². The first-order chi connectivity index (χ1) is 9.72. The van der Waals surface area contributed by atoms with Crippen LogP contribution in [0.25, 0.3) is 0 Å². The van der Waals surface area contributed by atoms with Crippen molar-refractivity contribution in [3.05, 3.63) is 0 Å². The molecule has 0 rings (SSSR count). The number of carbonyl (C=O) groups is 1. The predicted molar refractivity (Wildman–Crippen MR) is 85.5 cm³/mol. The largest absolute Gasteiger partial charge is 0.396 e. The Morgan fingerprint density at radius 3 is 1.70 bits per heavy atom. The molecule has 0 radical (unpaired) electrons. The molecule has 120 valence electrons. The second-order valence-electron chi connectivity index (χ2n) is 5.94. The molecule has 0 heterocycles. The number of carbonyl (C=O) groups excluding carboxylic acids is 1. The van der Waals surface area contributed by atoms with E-state index in [0.29, 0.717) is 6.42 Å². The van der Waals surface area contributed by atoms with Crippen LogP contribution in [-0.2, 0) is 4.79 Å². The van der Waals surface area contributed by atoms with Crippen LogP contribution in [-0.4, -0.2) is 17.6 Å². The molecular weight excluding hydrogens is 250 g/mol. The Morgan fingerprint density at radius 1 is 0.850 bits per heavy atom. The average Bonchev–Trinajstić information content (AvgIpc) is 2.43. The van der Waals surface area contributed by atoms with Crippen LogP contribution >= 0.6 is 0 Å². The molecule has 0 aliphatic carbocycles. The number of unbranched alkanes of at least 4 members (excludes halogenated alkanes) is 10. The quantitative estimate of drug-likeness (QED) is 0.443. The van der Waals surface area contributed by atoms with E-state index >= 15 is 0 Å². The van der Waals surface area contributed by atoms with Gasteiger partial charge >= 0.3 is 0 Å². The topological polar surface area (TPSA) is 63.3 Å². The van der Waals surface area contributed by atoms with Crippen molar-refractivity contribution < 1.29 is 9.90 Å². The van der Waals surface area contributed by atoms with E-state index in [0.717, 1.165) is 12.8 Å². The number of aliphatic hydroxyl groups is 1. The van der Waals surface area contributed by atoms with Crippen LogP contribution in [0.5, 0.6) is 0 Å². The highest BCUT2D eigenvalue weighted by molar-refractivity contribution is 5.76. The van der Waals surface area contributed by atoms with Gasteiger partial charge in [0, 0.05) is 12.5 Å². The number of primary amides is 1. The molecule has 0 saturated heterocycles. The van der Waals surface area contributed by atoms with E-state index in [1.807, 2.05) is 0 Å². The molecule has 0 spiro atoms. The second kappa shape index (κ2) is 14.8. The number of nitrogens with two attached hydrogens (primary N) is 1. The predicted octanol–water partition coefficient (Wildman–Crippen LogP) is 4.17. The normalized spacial score (nSPS) is 12.5. The van der Waals surface area contributed by atoms with Gasteiger partial charge in [-0.2, -0.15) is 0 Å². The summed E-state index contributed by atoms with van der Waals surface area (Å²) in [4.78, 5) is 11.1. The lowest BCUT2D eigenvalue weighted by Gasteiger charge is -2.11. The number of hydrogen-bond donors (Lipinski definition) is 2. The molecule has 3 N–H and O–H groups in total. The fraction of sp³-hybridized carbons (Fsp3) is 0.941. The smallest absolute Gasteiger partial charge is 0.220 e. The number of aliphatic hydroxyl groups excluding tert-OH is 1. The summed E-state index contributed by atoms with van der Waals surface area (Å²) in [5.41, 5.74) is 5.30. The third-order valence-electron chi connectivity index (χ3n) is 4.04. The fourth-order valence-electron chi connectivity index (χ4n) is 2.64. The van der Waals surface area contributed by atoms with Gasteiger partial charge in [0.2, 0.25) is 5.91 Å². The molecule has 20 heavy (non-hydrogen) atoms. The summed E-state index contributed by atoms with van der Waals surface area (Å²) in [5, 5.41) is 8.85. The first-order valence-electron chi connectivity index (χ1n) is 8.62. The van der Waals surface area contributed by atoms with Gasteiger partial charge in [-0.25, -0.2) is 0 Å². The Kier molecular flexibility index (Phi) is 14.4. The van der Waals surface area contributed by atoms with Crippen LogP contribution < -0.4 is 5.73 Å². The van der Waals surface area contributed by atoms with Crippen LogP contribution in [0.2, 0.25) is 0 Å². The van der Waals surface area contributed by atoms with Crippen molar-refractivity contribution in [2.45, 2.75) is 90.4 Å². The Morgan fingerprint density at radius 2 is 1.30 bits per heavy atom. The standard InChI is InChI=1S/C17H35NO2/c1-2-3-4-5-6-7-8-9-10-11-12-13-16(14-15-19)17(18)20/h16,19H,2-15H2,1H3,(H2,18,20). The van der Waals surface area contributed by atoms with Gasteiger partial charge in [0.25, 0.3) is 0 Å². The lowest BCUT2D eigenvalue weighted by Crippen LogP contribution is -2.24. The van der Waals surface area contributed by atoms with Gasteiger partial charge in [0.1, 0.15) is 0 Å². The highest BCUT2D eigenvalue weighted by Crippen LogP contribution is 2.15. The van der Waals surface area contributed by atoms with E-state index in [1.54, 1.807) is 0 Å². The maximum Gasteiger partial charge on any atom is 0.220 e. The van der Waals surface area contributed by atoms with Gasteiger partial charge in [-0.05, 0) is 12.8 Å². The molecule has 0 aliphatic rings. The van der Waals surface area contributed by atoms with E-state index in [4.69, 9.17) is 10.8 Å². The summed E-state index contributed by atoms with van der Waals surface area (Å²) in [6.07, 6.45) is 15.8. The van der Waals surface area contributed by atoms with Crippen LogP contribution in [0.1, 0.15) is 90.4 Å². The lowest BCUT2D eigenvalue weighted by molar-refractivity contribution is -0.122. The van der Waals surface area contributed by atoms with Crippen molar-refractivity contribution in [2.24, 2.45) is 11.7 Å². The Bertz CT molecular complexity index is 219. The van der Waals surface area contributed by atoms with Gasteiger partial charge in [0.15, 0.2) is 0 Å². The van der Waals surface area contributed by atoms with Crippen LogP contribution in [0.15, 0.2) is 0 Å². The zero-order valence-corrected chi connectivity index (χ0v) is 13.4. The third-order valence-corrected chi connectivity index (χ3v) is 4.04. The van der Waals surface area contributed by atoms with Crippen LogP contribution in [0.4, 0.5) is 0 Å². The Balaban J connectivity index is 3.25. The molecule has 0 aromatic carbocycles. The zero-order valence-electron chi connectivity index (χ0n) is 13.4. The molecule has 1 amide bonds. The van der Waals surface area contributed by atoms with Crippen molar-refractivity contribution >= 4 is 5.91 Å². The average molecular weight is 285 g/mol. The van der Waals surface area contributed by atoms with Crippen LogP contribution in [0, 0.1) is 5.92 Å². The summed E-state index contributed by atoms with van der Waals surface area (Å²) in [6.45, 7) is 2.31. The summed E-state index contributed by atoms with van der Waals surface area (Å²) in [6, 6.07) is 0. The highest BCUT2D eigenvalue weighted by Gasteiger charge is 2.13. The van der Waals surface area contributed by atoms with Crippen molar-refractivity contribution in [3.63, 3.8) is 0 Å². The van der Waals surface area contributed by atoms with E-state index in [2.05, 4.69) is 6.92 Å². The lowest BCUT2D eigenvalue weighted by atomic mass is 9.97. The van der Waals surface area contributed by atoms with E-state index in [-0.39, 0.29) is 18.4 Å². The minimum Gasteiger partial charge on any atom is -0.396 e. The summed E-state index contributed by atoms with van der Waals surface area (Å²) >= 11 is 0. The Hall–Kier alpha value is -0.570. The third kappa shape index (κ3) is 12.5. The van der Waals surface area contributed by atoms with Crippen LogP contribution in [0.3, 0.4) is 0 Å². The van der Waals surface area contributed by atoms with Gasteiger partial charge in [-0.1, -0.05) is 77.6 Å². The minimum absolute atomic E-state index is 0.0611. The SMILES string of the molecule is CCCCCCCCCCCCCC(CCO)C(N)=O. The van der Waals surface area contributed by atoms with Crippen molar-refractivity contribution in [2.75, 3.05) is 6.61 Å². The molecule has 3 heteroatoms. The van der Waals surface area contributed by atoms with E-state index in [9.17, 15) is 4.79 Å². The summed E-state index contributed by atoms with van der Waals surface area (Å²) < 4.78 is 0. The molecule has 0 aromatic rings. The van der Waals surface area contributed by atoms with Gasteiger partial charge in [-0.3, -0.25) is 4.79 Å². The molecular formula is C17H35NO2. The molecule has 0 aromatic heterocycles. The van der Waals surface area contributed by atoms with Gasteiger partial charge < -0.3 is 10.8 Å². The number of rotatable bonds is 15. The monoisotopic (exact) mass is 285 g/mol. The molecule has 0 bridgehead atoms. The fourth-order valence-corrected chi connectivity index (χ4v) is 2.64. The summed E-state index contributed by atoms with van der Waals surface area (Å²) in [5.74, 6) is -0.385. The highest BCUT2D eigenvalue weighted by atomic mass is 16.3. The van der Waals surface area contributed by atoms with Crippen molar-refractivity contribution in [3.8, 4) is 0 Å². The maximum absolute atomic E-state index is 11.1. The molecule has 0 fully saturated rings. The summed E-state index contributed by atoms with van der Waals surface area (Å²) in [7, 11) is 0. The minimum atomic E-state index is -0.258. The zero-order chi connectivity index (χ0) is 15.1. The maximum atomic E-state index is 11.1. The van der Waals surface area contributed by atoms with Gasteiger partial charge in [-0.15, -0.1) is 0 Å².